The highest BCUT2D eigenvalue weighted by Crippen LogP contribution is 2.16. The normalized spacial score (nSPS) is 15.8. The molecular formula is C26H36N2O5. The molecule has 0 aliphatic carbocycles. The van der Waals surface area contributed by atoms with E-state index < -0.39 is 12.6 Å². The van der Waals surface area contributed by atoms with Crippen LogP contribution in [-0.2, 0) is 31.9 Å². The van der Waals surface area contributed by atoms with Gasteiger partial charge in [0.2, 0.25) is 0 Å². The molecule has 7 nitrogen and oxygen atoms in total. The van der Waals surface area contributed by atoms with Crippen molar-refractivity contribution in [3.8, 4) is 0 Å². The van der Waals surface area contributed by atoms with E-state index in [0.717, 1.165) is 24.8 Å². The molecule has 0 fully saturated rings. The molecule has 0 spiro atoms. The van der Waals surface area contributed by atoms with Gasteiger partial charge < -0.3 is 19.9 Å². The number of hydrogen-bond donors (Lipinski definition) is 2. The van der Waals surface area contributed by atoms with E-state index in [1.54, 1.807) is 0 Å². The van der Waals surface area contributed by atoms with Crippen molar-refractivity contribution in [3.63, 3.8) is 0 Å². The Balaban J connectivity index is 1.77. The summed E-state index contributed by atoms with van der Waals surface area (Å²) in [6.07, 6.45) is 10.9. The Morgan fingerprint density at radius 1 is 1.18 bits per heavy atom. The summed E-state index contributed by atoms with van der Waals surface area (Å²) < 4.78 is 10.0. The maximum absolute atomic E-state index is 11.7. The molecule has 2 N–H and O–H groups in total. The van der Waals surface area contributed by atoms with Gasteiger partial charge in [0.05, 0.1) is 25.4 Å². The Bertz CT molecular complexity index is 816. The number of ether oxygens (including phenoxy) is 2. The Hall–Kier alpha value is -2.93. The van der Waals surface area contributed by atoms with Gasteiger partial charge in [0.1, 0.15) is 6.17 Å². The van der Waals surface area contributed by atoms with E-state index >= 15 is 0 Å². The average Bonchev–Trinajstić information content (AvgIpc) is 2.85. The zero-order valence-corrected chi connectivity index (χ0v) is 19.5. The van der Waals surface area contributed by atoms with Crippen LogP contribution in [0.5, 0.6) is 0 Å². The van der Waals surface area contributed by atoms with Crippen molar-refractivity contribution in [2.24, 2.45) is 10.9 Å². The highest BCUT2D eigenvalue weighted by molar-refractivity contribution is 5.87. The molecule has 2 rings (SSSR count). The number of aryl methyl sites for hydroxylation is 2. The molecule has 1 heterocycles. The quantitative estimate of drug-likeness (QED) is 0.171. The Kier molecular flexibility index (Phi) is 12.0. The average molecular weight is 457 g/mol. The van der Waals surface area contributed by atoms with E-state index in [-0.39, 0.29) is 30.9 Å². The first kappa shape index (κ1) is 26.3. The third-order valence-electron chi connectivity index (χ3n) is 5.56. The number of carbonyl (C=O) groups is 2. The number of aliphatic hydroxyl groups is 1. The lowest BCUT2D eigenvalue weighted by Crippen LogP contribution is -2.32. The smallest absolute Gasteiger partial charge is 0.335 e. The minimum Gasteiger partial charge on any atom is -0.467 e. The molecular weight excluding hydrogens is 420 g/mol. The summed E-state index contributed by atoms with van der Waals surface area (Å²) in [5.74, 6) is -0.893. The first-order chi connectivity index (χ1) is 16.0. The second-order valence-corrected chi connectivity index (χ2v) is 8.34. The van der Waals surface area contributed by atoms with E-state index in [1.165, 1.54) is 30.4 Å². The van der Waals surface area contributed by atoms with Crippen molar-refractivity contribution in [2.75, 3.05) is 19.8 Å². The topological polar surface area (TPSA) is 97.2 Å². The molecule has 0 saturated carbocycles. The summed E-state index contributed by atoms with van der Waals surface area (Å²) in [6.45, 7) is 5.73. The van der Waals surface area contributed by atoms with Gasteiger partial charge in [-0.15, -0.1) is 0 Å². The fourth-order valence-corrected chi connectivity index (χ4v) is 3.51. The zero-order chi connectivity index (χ0) is 23.9. The van der Waals surface area contributed by atoms with Crippen LogP contribution in [0, 0.1) is 5.92 Å². The number of benzene rings is 1. The molecule has 0 saturated heterocycles. The van der Waals surface area contributed by atoms with Crippen LogP contribution in [0.3, 0.4) is 0 Å². The van der Waals surface area contributed by atoms with Crippen LogP contribution < -0.4 is 5.32 Å². The highest BCUT2D eigenvalue weighted by Gasteiger charge is 2.20. The second-order valence-electron chi connectivity index (χ2n) is 8.34. The van der Waals surface area contributed by atoms with E-state index in [2.05, 4.69) is 48.1 Å². The van der Waals surface area contributed by atoms with Gasteiger partial charge in [-0.1, -0.05) is 50.6 Å². The van der Waals surface area contributed by atoms with Crippen molar-refractivity contribution in [1.82, 2.24) is 5.32 Å². The van der Waals surface area contributed by atoms with Gasteiger partial charge in [-0.25, -0.2) is 4.79 Å². The number of nitrogens with one attached hydrogen (secondary N) is 1. The summed E-state index contributed by atoms with van der Waals surface area (Å²) in [5.41, 5.74) is 3.81. The summed E-state index contributed by atoms with van der Waals surface area (Å²) >= 11 is 0. The number of unbranched alkanes of at least 4 members (excludes halogenated alkanes) is 2. The van der Waals surface area contributed by atoms with Crippen molar-refractivity contribution < 1.29 is 24.2 Å². The van der Waals surface area contributed by atoms with Crippen LogP contribution in [-0.4, -0.2) is 49.7 Å². The Morgan fingerprint density at radius 3 is 2.52 bits per heavy atom. The molecule has 0 bridgehead atoms. The number of nitrogens with zero attached hydrogens (tertiary/aromatic N) is 1. The number of carbonyl (C=O) groups excluding carboxylic acids is 2. The standard InChI is InChI=1S/C26H36N2O5/c1-3-4-5-6-21-7-9-22(10-8-21)11-12-23-14-27-25(28-15-23)13-24(17-32-19-30)18-33-26(31)20(2)16-29/h7-10,14-15,19,24-25,27,29H,2-6,11-13,16-18H2,1H3. The molecule has 1 aliphatic rings. The lowest BCUT2D eigenvalue weighted by molar-refractivity contribution is -0.142. The van der Waals surface area contributed by atoms with Crippen molar-refractivity contribution in [3.05, 3.63) is 59.3 Å². The van der Waals surface area contributed by atoms with Crippen molar-refractivity contribution in [2.45, 2.75) is 58.0 Å². The fraction of sp³-hybridized carbons (Fsp3) is 0.500. The van der Waals surface area contributed by atoms with Crippen LogP contribution in [0.2, 0.25) is 0 Å². The number of hydrogen-bond acceptors (Lipinski definition) is 7. The molecule has 33 heavy (non-hydrogen) atoms. The van der Waals surface area contributed by atoms with Crippen LogP contribution in [0.25, 0.3) is 0 Å². The third-order valence-corrected chi connectivity index (χ3v) is 5.56. The third kappa shape index (κ3) is 10.0. The molecule has 0 amide bonds. The fourth-order valence-electron chi connectivity index (χ4n) is 3.51. The Labute approximate surface area is 196 Å². The first-order valence-corrected chi connectivity index (χ1v) is 11.6. The maximum atomic E-state index is 11.7. The minimum absolute atomic E-state index is 0.0161. The van der Waals surface area contributed by atoms with E-state index in [4.69, 9.17) is 14.6 Å². The molecule has 2 atom stereocenters. The monoisotopic (exact) mass is 456 g/mol. The molecule has 1 aromatic carbocycles. The summed E-state index contributed by atoms with van der Waals surface area (Å²) in [4.78, 5) is 26.8. The van der Waals surface area contributed by atoms with Crippen LogP contribution >= 0.6 is 0 Å². The number of aliphatic hydroxyl groups excluding tert-OH is 1. The molecule has 0 aromatic heterocycles. The van der Waals surface area contributed by atoms with Gasteiger partial charge in [0, 0.05) is 18.3 Å². The van der Waals surface area contributed by atoms with E-state index in [1.807, 2.05) is 12.4 Å². The van der Waals surface area contributed by atoms with Gasteiger partial charge in [-0.3, -0.25) is 9.79 Å². The highest BCUT2D eigenvalue weighted by atomic mass is 16.5. The molecule has 1 aliphatic heterocycles. The lowest BCUT2D eigenvalue weighted by Gasteiger charge is -2.23. The SMILES string of the molecule is C=C(CO)C(=O)OCC(COC=O)CC1N=CC(CCc2ccc(CCCCC)cc2)=CN1. The second kappa shape index (κ2) is 15.0. The zero-order valence-electron chi connectivity index (χ0n) is 19.5. The predicted molar refractivity (Wildman–Crippen MR) is 129 cm³/mol. The van der Waals surface area contributed by atoms with Crippen LogP contribution in [0.1, 0.15) is 50.2 Å². The molecule has 2 unspecified atom stereocenters. The van der Waals surface area contributed by atoms with Crippen LogP contribution in [0.4, 0.5) is 0 Å². The van der Waals surface area contributed by atoms with Crippen LogP contribution in [0.15, 0.2) is 53.2 Å². The first-order valence-electron chi connectivity index (χ1n) is 11.6. The number of aliphatic imine (C=N–C) groups is 1. The minimum atomic E-state index is -0.662. The summed E-state index contributed by atoms with van der Waals surface area (Å²) in [6, 6.07) is 8.88. The predicted octanol–water partition coefficient (Wildman–Crippen LogP) is 3.51. The molecule has 7 heteroatoms. The summed E-state index contributed by atoms with van der Waals surface area (Å²) in [7, 11) is 0. The molecule has 180 valence electrons. The number of esters is 1. The number of allylic oxidation sites excluding steroid dienone is 1. The Morgan fingerprint density at radius 2 is 1.91 bits per heavy atom. The van der Waals surface area contributed by atoms with E-state index in [9.17, 15) is 9.59 Å². The summed E-state index contributed by atoms with van der Waals surface area (Å²) in [5, 5.41) is 12.2. The van der Waals surface area contributed by atoms with Crippen molar-refractivity contribution in [1.29, 1.82) is 0 Å². The van der Waals surface area contributed by atoms with E-state index in [0.29, 0.717) is 12.9 Å². The molecule has 1 aromatic rings. The molecule has 0 radical (unpaired) electrons. The van der Waals surface area contributed by atoms with Gasteiger partial charge in [-0.2, -0.15) is 0 Å². The van der Waals surface area contributed by atoms with Crippen molar-refractivity contribution >= 4 is 18.7 Å². The maximum Gasteiger partial charge on any atom is 0.335 e. The van der Waals surface area contributed by atoms with Gasteiger partial charge in [0.15, 0.2) is 0 Å². The number of rotatable bonds is 16. The van der Waals surface area contributed by atoms with Gasteiger partial charge in [-0.05, 0) is 48.8 Å². The van der Waals surface area contributed by atoms with Gasteiger partial charge >= 0.3 is 5.97 Å². The lowest BCUT2D eigenvalue weighted by atomic mass is 10.0. The van der Waals surface area contributed by atoms with Gasteiger partial charge in [0.25, 0.3) is 6.47 Å². The largest absolute Gasteiger partial charge is 0.467 e.